The zero-order valence-corrected chi connectivity index (χ0v) is 10.8. The zero-order valence-electron chi connectivity index (χ0n) is 10.0. The van der Waals surface area contributed by atoms with Gasteiger partial charge in [-0.15, -0.1) is 12.4 Å². The number of piperidine rings is 1. The smallest absolute Gasteiger partial charge is 0.241 e. The topological polar surface area (TPSA) is 41.1 Å². The van der Waals surface area contributed by atoms with Crippen LogP contribution in [0.1, 0.15) is 24.8 Å². The molecule has 3 nitrogen and oxygen atoms in total. The Labute approximate surface area is 108 Å². The van der Waals surface area contributed by atoms with Crippen LogP contribution < -0.4 is 10.6 Å². The minimum absolute atomic E-state index is 0. The van der Waals surface area contributed by atoms with E-state index in [1.807, 2.05) is 31.2 Å². The number of carbonyl (C=O) groups is 1. The molecule has 2 rings (SSSR count). The van der Waals surface area contributed by atoms with Crippen molar-refractivity contribution in [2.45, 2.75) is 32.2 Å². The number of hydrogen-bond acceptors (Lipinski definition) is 2. The van der Waals surface area contributed by atoms with Crippen molar-refractivity contribution in [3.8, 4) is 0 Å². The first kappa shape index (κ1) is 14.0. The highest BCUT2D eigenvalue weighted by Gasteiger charge is 2.20. The highest BCUT2D eigenvalue weighted by Crippen LogP contribution is 2.12. The zero-order chi connectivity index (χ0) is 11.4. The predicted molar refractivity (Wildman–Crippen MR) is 72.7 cm³/mol. The SMILES string of the molecule is Cc1cccc(NC(=O)[C@@H]2CCCCN2)c1.Cl. The maximum absolute atomic E-state index is 11.9. The quantitative estimate of drug-likeness (QED) is 0.852. The van der Waals surface area contributed by atoms with Gasteiger partial charge >= 0.3 is 0 Å². The Morgan fingerprint density at radius 2 is 2.24 bits per heavy atom. The highest BCUT2D eigenvalue weighted by atomic mass is 35.5. The van der Waals surface area contributed by atoms with Crippen LogP contribution in [-0.2, 0) is 4.79 Å². The summed E-state index contributed by atoms with van der Waals surface area (Å²) in [5.74, 6) is 0.0882. The van der Waals surface area contributed by atoms with Crippen molar-refractivity contribution >= 4 is 24.0 Å². The summed E-state index contributed by atoms with van der Waals surface area (Å²) in [6.45, 7) is 2.97. The molecule has 1 aliphatic rings. The van der Waals surface area contributed by atoms with Gasteiger partial charge in [0.2, 0.25) is 5.91 Å². The van der Waals surface area contributed by atoms with Gasteiger partial charge in [-0.1, -0.05) is 18.6 Å². The fraction of sp³-hybridized carbons (Fsp3) is 0.462. The minimum atomic E-state index is -0.0192. The van der Waals surface area contributed by atoms with Crippen molar-refractivity contribution in [2.75, 3.05) is 11.9 Å². The summed E-state index contributed by atoms with van der Waals surface area (Å²) in [4.78, 5) is 11.9. The molecule has 1 heterocycles. The fourth-order valence-electron chi connectivity index (χ4n) is 2.03. The number of anilines is 1. The molecule has 0 aliphatic carbocycles. The number of halogens is 1. The van der Waals surface area contributed by atoms with Crippen LogP contribution in [0.3, 0.4) is 0 Å². The van der Waals surface area contributed by atoms with Crippen molar-refractivity contribution in [1.29, 1.82) is 0 Å². The summed E-state index contributed by atoms with van der Waals surface area (Å²) in [6, 6.07) is 7.87. The first-order valence-electron chi connectivity index (χ1n) is 5.86. The molecule has 0 aromatic heterocycles. The van der Waals surface area contributed by atoms with E-state index in [0.29, 0.717) is 0 Å². The molecule has 1 fully saturated rings. The van der Waals surface area contributed by atoms with Crippen LogP contribution in [0, 0.1) is 6.92 Å². The van der Waals surface area contributed by atoms with E-state index < -0.39 is 0 Å². The Hall–Kier alpha value is -1.06. The summed E-state index contributed by atoms with van der Waals surface area (Å²) >= 11 is 0. The molecule has 17 heavy (non-hydrogen) atoms. The van der Waals surface area contributed by atoms with Gasteiger partial charge in [0.25, 0.3) is 0 Å². The lowest BCUT2D eigenvalue weighted by atomic mass is 10.0. The van der Waals surface area contributed by atoms with Gasteiger partial charge in [-0.2, -0.15) is 0 Å². The van der Waals surface area contributed by atoms with Crippen molar-refractivity contribution in [3.05, 3.63) is 29.8 Å². The summed E-state index contributed by atoms with van der Waals surface area (Å²) < 4.78 is 0. The summed E-state index contributed by atoms with van der Waals surface area (Å²) in [7, 11) is 0. The van der Waals surface area contributed by atoms with Gasteiger partial charge in [0.15, 0.2) is 0 Å². The number of carbonyl (C=O) groups excluding carboxylic acids is 1. The van der Waals surface area contributed by atoms with Gasteiger partial charge in [-0.05, 0) is 44.0 Å². The second kappa shape index (κ2) is 6.62. The molecule has 1 aliphatic heterocycles. The molecular weight excluding hydrogens is 236 g/mol. The van der Waals surface area contributed by atoms with Crippen molar-refractivity contribution < 1.29 is 4.79 Å². The van der Waals surface area contributed by atoms with Crippen LogP contribution in [0.15, 0.2) is 24.3 Å². The average Bonchev–Trinajstić information content (AvgIpc) is 2.30. The van der Waals surface area contributed by atoms with Crippen LogP contribution in [0.25, 0.3) is 0 Å². The fourth-order valence-corrected chi connectivity index (χ4v) is 2.03. The molecule has 0 radical (unpaired) electrons. The van der Waals surface area contributed by atoms with Gasteiger partial charge in [0.1, 0.15) is 0 Å². The normalized spacial score (nSPS) is 19.2. The van der Waals surface area contributed by atoms with E-state index >= 15 is 0 Å². The molecule has 1 aromatic rings. The van der Waals surface area contributed by atoms with Crippen molar-refractivity contribution in [2.24, 2.45) is 0 Å². The van der Waals surface area contributed by atoms with E-state index in [1.165, 1.54) is 6.42 Å². The van der Waals surface area contributed by atoms with E-state index in [1.54, 1.807) is 0 Å². The largest absolute Gasteiger partial charge is 0.325 e. The molecule has 2 N–H and O–H groups in total. The van der Waals surface area contributed by atoms with Crippen LogP contribution in [0.4, 0.5) is 5.69 Å². The first-order valence-corrected chi connectivity index (χ1v) is 5.86. The van der Waals surface area contributed by atoms with Crippen molar-refractivity contribution in [3.63, 3.8) is 0 Å². The Bertz CT molecular complexity index is 375. The number of hydrogen-bond donors (Lipinski definition) is 2. The van der Waals surface area contributed by atoms with Gasteiger partial charge in [0.05, 0.1) is 6.04 Å². The Kier molecular flexibility index (Phi) is 5.45. The molecule has 0 bridgehead atoms. The lowest BCUT2D eigenvalue weighted by molar-refractivity contribution is -0.118. The molecule has 0 saturated carbocycles. The van der Waals surface area contributed by atoms with E-state index in [4.69, 9.17) is 0 Å². The van der Waals surface area contributed by atoms with Gasteiger partial charge in [-0.25, -0.2) is 0 Å². The number of benzene rings is 1. The minimum Gasteiger partial charge on any atom is -0.325 e. The standard InChI is InChI=1S/C13H18N2O.ClH/c1-10-5-4-6-11(9-10)15-13(16)12-7-2-3-8-14-12;/h4-6,9,12,14H,2-3,7-8H2,1H3,(H,15,16);1H/t12-;/m0./s1. The molecule has 1 aromatic carbocycles. The average molecular weight is 255 g/mol. The van der Waals surface area contributed by atoms with Gasteiger partial charge < -0.3 is 10.6 Å². The summed E-state index contributed by atoms with van der Waals surface area (Å²) in [5, 5.41) is 6.19. The second-order valence-corrected chi connectivity index (χ2v) is 4.36. The third kappa shape index (κ3) is 4.02. The summed E-state index contributed by atoms with van der Waals surface area (Å²) in [5.41, 5.74) is 2.05. The lowest BCUT2D eigenvalue weighted by Crippen LogP contribution is -2.43. The van der Waals surface area contributed by atoms with Gasteiger partial charge in [-0.3, -0.25) is 4.79 Å². The summed E-state index contributed by atoms with van der Waals surface area (Å²) in [6.07, 6.45) is 3.25. The van der Waals surface area contributed by atoms with E-state index in [-0.39, 0.29) is 24.4 Å². The number of nitrogens with one attached hydrogen (secondary N) is 2. The molecule has 4 heteroatoms. The highest BCUT2D eigenvalue weighted by molar-refractivity contribution is 5.94. The molecule has 0 spiro atoms. The van der Waals surface area contributed by atoms with Crippen LogP contribution in [-0.4, -0.2) is 18.5 Å². The monoisotopic (exact) mass is 254 g/mol. The molecule has 1 atom stereocenters. The molecule has 94 valence electrons. The van der Waals surface area contributed by atoms with E-state index in [9.17, 15) is 4.79 Å². The molecule has 1 saturated heterocycles. The maximum Gasteiger partial charge on any atom is 0.241 e. The van der Waals surface area contributed by atoms with Crippen LogP contribution >= 0.6 is 12.4 Å². The number of aryl methyl sites for hydroxylation is 1. The third-order valence-corrected chi connectivity index (χ3v) is 2.91. The Morgan fingerprint density at radius 1 is 1.41 bits per heavy atom. The van der Waals surface area contributed by atoms with Gasteiger partial charge in [0, 0.05) is 5.69 Å². The Morgan fingerprint density at radius 3 is 2.88 bits per heavy atom. The van der Waals surface area contributed by atoms with Crippen molar-refractivity contribution in [1.82, 2.24) is 5.32 Å². The Balaban J connectivity index is 0.00000144. The maximum atomic E-state index is 11.9. The van der Waals surface area contributed by atoms with E-state index in [2.05, 4.69) is 10.6 Å². The molecule has 0 unspecified atom stereocenters. The van der Waals surface area contributed by atoms with Crippen LogP contribution in [0.2, 0.25) is 0 Å². The second-order valence-electron chi connectivity index (χ2n) is 4.36. The first-order chi connectivity index (χ1) is 7.75. The molecule has 1 amide bonds. The third-order valence-electron chi connectivity index (χ3n) is 2.91. The number of rotatable bonds is 2. The van der Waals surface area contributed by atoms with Crippen LogP contribution in [0.5, 0.6) is 0 Å². The predicted octanol–water partition coefficient (Wildman–Crippen LogP) is 2.50. The number of amides is 1. The molecular formula is C13H19ClN2O. The van der Waals surface area contributed by atoms with E-state index in [0.717, 1.165) is 30.6 Å². The lowest BCUT2D eigenvalue weighted by Gasteiger charge is -2.22.